The van der Waals surface area contributed by atoms with E-state index in [1.54, 1.807) is 37.1 Å². The lowest BCUT2D eigenvalue weighted by atomic mass is 10.1. The van der Waals surface area contributed by atoms with E-state index in [2.05, 4.69) is 0 Å². The number of methoxy groups -OCH3 is 1. The van der Waals surface area contributed by atoms with Crippen LogP contribution in [0.2, 0.25) is 0 Å². The second-order valence-electron chi connectivity index (χ2n) is 7.26. The molecule has 7 nitrogen and oxygen atoms in total. The molecule has 0 spiro atoms. The van der Waals surface area contributed by atoms with Crippen LogP contribution in [-0.4, -0.2) is 39.2 Å². The van der Waals surface area contributed by atoms with Crippen molar-refractivity contribution in [2.24, 2.45) is 0 Å². The van der Waals surface area contributed by atoms with Gasteiger partial charge >= 0.3 is 5.97 Å². The summed E-state index contributed by atoms with van der Waals surface area (Å²) in [5.74, 6) is 0.747. The molecule has 0 aliphatic heterocycles. The Hall–Kier alpha value is -3.22. The van der Waals surface area contributed by atoms with Crippen molar-refractivity contribution in [2.45, 2.75) is 39.5 Å². The second kappa shape index (κ2) is 11.8. The summed E-state index contributed by atoms with van der Waals surface area (Å²) in [6.07, 6.45) is 2.85. The summed E-state index contributed by atoms with van der Waals surface area (Å²) >= 11 is 0. The number of nitrogen functional groups attached to an aromatic ring is 1. The minimum atomic E-state index is -0.193. The number of carbonyl (C=O) groups is 2. The van der Waals surface area contributed by atoms with Crippen molar-refractivity contribution >= 4 is 23.3 Å². The maximum atomic E-state index is 13.0. The molecule has 31 heavy (non-hydrogen) atoms. The van der Waals surface area contributed by atoms with Crippen molar-refractivity contribution in [1.29, 1.82) is 0 Å². The number of carbonyl (C=O) groups excluding carboxylic acids is 2. The van der Waals surface area contributed by atoms with E-state index < -0.39 is 0 Å². The zero-order valence-electron chi connectivity index (χ0n) is 18.8. The molecule has 0 aliphatic rings. The fourth-order valence-electron chi connectivity index (χ4n) is 3.12. The summed E-state index contributed by atoms with van der Waals surface area (Å²) in [6.45, 7) is 4.68. The molecule has 0 saturated heterocycles. The molecule has 2 rings (SSSR count). The molecule has 0 bridgehead atoms. The fourth-order valence-corrected chi connectivity index (χ4v) is 3.12. The smallest absolute Gasteiger partial charge is 0.305 e. The van der Waals surface area contributed by atoms with Crippen molar-refractivity contribution in [1.82, 2.24) is 0 Å². The average Bonchev–Trinajstić information content (AvgIpc) is 2.75. The third-order valence-electron chi connectivity index (χ3n) is 4.85. The van der Waals surface area contributed by atoms with Gasteiger partial charge in [-0.05, 0) is 69.0 Å². The number of rotatable bonds is 11. The molecule has 0 heterocycles. The van der Waals surface area contributed by atoms with Crippen molar-refractivity contribution in [2.75, 3.05) is 38.0 Å². The Balaban J connectivity index is 2.01. The van der Waals surface area contributed by atoms with Gasteiger partial charge in [-0.25, -0.2) is 0 Å². The lowest BCUT2D eigenvalue weighted by Gasteiger charge is -2.22. The monoisotopic (exact) mass is 428 g/mol. The zero-order valence-corrected chi connectivity index (χ0v) is 18.8. The van der Waals surface area contributed by atoms with Crippen LogP contribution in [0.15, 0.2) is 36.4 Å². The molecule has 0 saturated carbocycles. The Morgan fingerprint density at radius 2 is 1.81 bits per heavy atom. The van der Waals surface area contributed by atoms with Gasteiger partial charge in [-0.15, -0.1) is 0 Å². The first-order valence-electron chi connectivity index (χ1n) is 10.5. The standard InChI is InChI=1S/C24H32N2O5/c1-5-30-23(27)9-7-6-8-14-31-22-15-17(2)10-13-20(22)26(3)24(28)18-11-12-19(25)21(16-18)29-4/h10-13,15-16H,5-9,14,25H2,1-4H3. The predicted octanol–water partition coefficient (Wildman–Crippen LogP) is 4.36. The molecule has 2 aromatic rings. The van der Waals surface area contributed by atoms with Crippen molar-refractivity contribution in [3.63, 3.8) is 0 Å². The van der Waals surface area contributed by atoms with E-state index in [4.69, 9.17) is 19.9 Å². The van der Waals surface area contributed by atoms with Crippen LogP contribution >= 0.6 is 0 Å². The number of aryl methyl sites for hydroxylation is 1. The molecule has 168 valence electrons. The fraction of sp³-hybridized carbons (Fsp3) is 0.417. The highest BCUT2D eigenvalue weighted by Gasteiger charge is 2.19. The molecule has 7 heteroatoms. The number of nitrogens with two attached hydrogens (primary N) is 1. The van der Waals surface area contributed by atoms with Gasteiger partial charge in [-0.3, -0.25) is 9.59 Å². The number of anilines is 2. The summed E-state index contributed by atoms with van der Waals surface area (Å²) in [4.78, 5) is 26.0. The van der Waals surface area contributed by atoms with Gasteiger partial charge in [-0.1, -0.05) is 6.07 Å². The first-order chi connectivity index (χ1) is 14.9. The van der Waals surface area contributed by atoms with Gasteiger partial charge in [0.15, 0.2) is 0 Å². The average molecular weight is 429 g/mol. The van der Waals surface area contributed by atoms with Crippen molar-refractivity contribution < 1.29 is 23.8 Å². The van der Waals surface area contributed by atoms with E-state index in [-0.39, 0.29) is 11.9 Å². The normalized spacial score (nSPS) is 10.5. The zero-order chi connectivity index (χ0) is 22.8. The molecule has 0 unspecified atom stereocenters. The summed E-state index contributed by atoms with van der Waals surface area (Å²) in [5, 5.41) is 0. The van der Waals surface area contributed by atoms with E-state index in [1.165, 1.54) is 7.11 Å². The van der Waals surface area contributed by atoms with Gasteiger partial charge in [0.05, 0.1) is 31.7 Å². The van der Waals surface area contributed by atoms with Crippen LogP contribution < -0.4 is 20.1 Å². The van der Waals surface area contributed by atoms with E-state index in [0.29, 0.717) is 48.1 Å². The molecular formula is C24H32N2O5. The highest BCUT2D eigenvalue weighted by molar-refractivity contribution is 6.07. The Kier molecular flexibility index (Phi) is 9.18. The third kappa shape index (κ3) is 6.91. The molecule has 2 aromatic carbocycles. The molecule has 0 aliphatic carbocycles. The first kappa shape index (κ1) is 24.1. The van der Waals surface area contributed by atoms with Gasteiger partial charge in [0.25, 0.3) is 5.91 Å². The molecule has 0 atom stereocenters. The number of nitrogens with zero attached hydrogens (tertiary/aromatic N) is 1. The predicted molar refractivity (Wildman–Crippen MR) is 122 cm³/mol. The van der Waals surface area contributed by atoms with Crippen LogP contribution in [0.5, 0.6) is 11.5 Å². The third-order valence-corrected chi connectivity index (χ3v) is 4.85. The lowest BCUT2D eigenvalue weighted by molar-refractivity contribution is -0.143. The van der Waals surface area contributed by atoms with Crippen LogP contribution in [0.25, 0.3) is 0 Å². The maximum Gasteiger partial charge on any atom is 0.305 e. The Labute approximate surface area is 184 Å². The van der Waals surface area contributed by atoms with Crippen LogP contribution in [0.4, 0.5) is 11.4 Å². The molecular weight excluding hydrogens is 396 g/mol. The summed E-state index contributed by atoms with van der Waals surface area (Å²) in [5.41, 5.74) is 8.52. The van der Waals surface area contributed by atoms with Gasteiger partial charge < -0.3 is 24.8 Å². The molecule has 0 radical (unpaired) electrons. The maximum absolute atomic E-state index is 13.0. The summed E-state index contributed by atoms with van der Waals surface area (Å²) in [6, 6.07) is 10.7. The second-order valence-corrected chi connectivity index (χ2v) is 7.26. The van der Waals surface area contributed by atoms with Gasteiger partial charge in [0.1, 0.15) is 11.5 Å². The highest BCUT2D eigenvalue weighted by atomic mass is 16.5. The van der Waals surface area contributed by atoms with Gasteiger partial charge in [0.2, 0.25) is 0 Å². The highest BCUT2D eigenvalue weighted by Crippen LogP contribution is 2.31. The Morgan fingerprint density at radius 3 is 2.52 bits per heavy atom. The molecule has 1 amide bonds. The quantitative estimate of drug-likeness (QED) is 0.325. The van der Waals surface area contributed by atoms with Crippen LogP contribution in [0.3, 0.4) is 0 Å². The summed E-state index contributed by atoms with van der Waals surface area (Å²) < 4.78 is 16.1. The number of hydrogen-bond donors (Lipinski definition) is 1. The summed E-state index contributed by atoms with van der Waals surface area (Å²) in [7, 11) is 3.23. The Bertz CT molecular complexity index is 898. The van der Waals surface area contributed by atoms with Crippen molar-refractivity contribution in [3.05, 3.63) is 47.5 Å². The SMILES string of the molecule is CCOC(=O)CCCCCOc1cc(C)ccc1N(C)C(=O)c1ccc(N)c(OC)c1. The van der Waals surface area contributed by atoms with Gasteiger partial charge in [0, 0.05) is 19.0 Å². The number of esters is 1. The molecule has 0 aromatic heterocycles. The van der Waals surface area contributed by atoms with Crippen LogP contribution in [0, 0.1) is 6.92 Å². The first-order valence-corrected chi connectivity index (χ1v) is 10.5. The number of ether oxygens (including phenoxy) is 3. The number of hydrogen-bond acceptors (Lipinski definition) is 6. The van der Waals surface area contributed by atoms with E-state index in [0.717, 1.165) is 24.8 Å². The van der Waals surface area contributed by atoms with Gasteiger partial charge in [-0.2, -0.15) is 0 Å². The van der Waals surface area contributed by atoms with E-state index >= 15 is 0 Å². The van der Waals surface area contributed by atoms with Crippen LogP contribution in [0.1, 0.15) is 48.5 Å². The van der Waals surface area contributed by atoms with Crippen LogP contribution in [-0.2, 0) is 9.53 Å². The molecule has 0 fully saturated rings. The topological polar surface area (TPSA) is 91.1 Å². The Morgan fingerprint density at radius 1 is 1.03 bits per heavy atom. The minimum absolute atomic E-state index is 0.163. The number of benzene rings is 2. The lowest BCUT2D eigenvalue weighted by Crippen LogP contribution is -2.27. The van der Waals surface area contributed by atoms with E-state index in [9.17, 15) is 9.59 Å². The van der Waals surface area contributed by atoms with E-state index in [1.807, 2.05) is 25.1 Å². The largest absolute Gasteiger partial charge is 0.495 e. The number of amides is 1. The molecule has 2 N–H and O–H groups in total. The van der Waals surface area contributed by atoms with Crippen molar-refractivity contribution in [3.8, 4) is 11.5 Å². The number of unbranched alkanes of at least 4 members (excludes halogenated alkanes) is 2. The minimum Gasteiger partial charge on any atom is -0.495 e.